The van der Waals surface area contributed by atoms with Gasteiger partial charge in [-0.25, -0.2) is 0 Å². The number of benzene rings is 2. The maximum Gasteiger partial charge on any atom is 0.0497 e. The molecule has 0 saturated carbocycles. The minimum absolute atomic E-state index is 1.07. The van der Waals surface area contributed by atoms with Crippen LogP contribution >= 0.6 is 0 Å². The normalized spacial score (nSPS) is 11.4. The van der Waals surface area contributed by atoms with Crippen LogP contribution in [0.1, 0.15) is 18.9 Å². The molecule has 0 fully saturated rings. The molecule has 2 heteroatoms. The molecule has 2 aromatic carbocycles. The van der Waals surface area contributed by atoms with Gasteiger partial charge in [0.05, 0.1) is 0 Å². The number of H-pyrrole nitrogens is 1. The molecule has 0 aliphatic carbocycles. The predicted octanol–water partition coefficient (Wildman–Crippen LogP) is 4.72. The van der Waals surface area contributed by atoms with E-state index in [1.54, 1.807) is 0 Å². The van der Waals surface area contributed by atoms with E-state index in [1.807, 2.05) is 0 Å². The first-order valence-electron chi connectivity index (χ1n) is 8.13. The lowest BCUT2D eigenvalue weighted by Gasteiger charge is -2.15. The summed E-state index contributed by atoms with van der Waals surface area (Å²) in [6, 6.07) is 19.3. The van der Waals surface area contributed by atoms with E-state index in [1.165, 1.54) is 34.1 Å². The number of nitrogens with zero attached hydrogens (tertiary/aromatic N) is 1. The third kappa shape index (κ3) is 3.07. The minimum atomic E-state index is 1.07. The van der Waals surface area contributed by atoms with E-state index >= 15 is 0 Å². The number of fused-ring (bicyclic) bond motifs is 1. The Hall–Kier alpha value is -2.06. The Kier molecular flexibility index (Phi) is 4.59. The van der Waals surface area contributed by atoms with Gasteiger partial charge in [-0.1, -0.05) is 55.5 Å². The number of aromatic nitrogens is 1. The Labute approximate surface area is 132 Å². The number of likely N-dealkylation sites (N-methyl/N-ethyl adjacent to an activating group) is 1. The van der Waals surface area contributed by atoms with E-state index in [4.69, 9.17) is 0 Å². The van der Waals surface area contributed by atoms with Crippen molar-refractivity contribution in [1.82, 2.24) is 9.88 Å². The van der Waals surface area contributed by atoms with E-state index in [9.17, 15) is 0 Å². The molecule has 3 rings (SSSR count). The molecule has 22 heavy (non-hydrogen) atoms. The Balaban J connectivity index is 1.98. The van der Waals surface area contributed by atoms with Crippen molar-refractivity contribution in [1.29, 1.82) is 0 Å². The van der Waals surface area contributed by atoms with Gasteiger partial charge in [0.15, 0.2) is 0 Å². The molecular weight excluding hydrogens is 268 g/mol. The molecule has 2 nitrogen and oxygen atoms in total. The van der Waals surface area contributed by atoms with Gasteiger partial charge in [0.2, 0.25) is 0 Å². The molecule has 3 aromatic rings. The summed E-state index contributed by atoms with van der Waals surface area (Å²) in [5.74, 6) is 0. The molecule has 0 unspecified atom stereocenters. The standard InChI is InChI=1S/C20H24N2/c1-3-14-22(2)15-13-18-17-11-7-8-12-19(17)21-20(18)16-9-5-4-6-10-16/h4-12,21H,3,13-15H2,1-2H3. The SMILES string of the molecule is CCCN(C)CCc1c(-c2ccccc2)[nH]c2ccccc12. The van der Waals surface area contributed by atoms with Crippen molar-refractivity contribution in [2.45, 2.75) is 19.8 Å². The van der Waals surface area contributed by atoms with Crippen molar-refractivity contribution in [3.05, 3.63) is 60.2 Å². The molecule has 0 aliphatic heterocycles. The van der Waals surface area contributed by atoms with Gasteiger partial charge >= 0.3 is 0 Å². The Morgan fingerprint density at radius 2 is 1.64 bits per heavy atom. The lowest BCUT2D eigenvalue weighted by Crippen LogP contribution is -2.22. The van der Waals surface area contributed by atoms with Gasteiger partial charge in [0.25, 0.3) is 0 Å². The average molecular weight is 292 g/mol. The van der Waals surface area contributed by atoms with Crippen LogP contribution in [0.2, 0.25) is 0 Å². The fourth-order valence-corrected chi connectivity index (χ4v) is 3.11. The van der Waals surface area contributed by atoms with Crippen molar-refractivity contribution in [2.24, 2.45) is 0 Å². The number of nitrogens with one attached hydrogen (secondary N) is 1. The van der Waals surface area contributed by atoms with Crippen LogP contribution in [0.15, 0.2) is 54.6 Å². The molecule has 1 N–H and O–H groups in total. The van der Waals surface area contributed by atoms with Gasteiger partial charge < -0.3 is 9.88 Å². The molecule has 0 saturated heterocycles. The molecule has 1 aromatic heterocycles. The topological polar surface area (TPSA) is 19.0 Å². The lowest BCUT2D eigenvalue weighted by molar-refractivity contribution is 0.339. The van der Waals surface area contributed by atoms with Crippen molar-refractivity contribution in [3.63, 3.8) is 0 Å². The molecule has 114 valence electrons. The first-order valence-corrected chi connectivity index (χ1v) is 8.13. The maximum atomic E-state index is 3.62. The van der Waals surface area contributed by atoms with Crippen molar-refractivity contribution < 1.29 is 0 Å². The average Bonchev–Trinajstić information content (AvgIpc) is 2.93. The molecule has 0 amide bonds. The van der Waals surface area contributed by atoms with E-state index in [0.29, 0.717) is 0 Å². The minimum Gasteiger partial charge on any atom is -0.354 e. The summed E-state index contributed by atoms with van der Waals surface area (Å²) in [5, 5.41) is 1.35. The largest absolute Gasteiger partial charge is 0.354 e. The van der Waals surface area contributed by atoms with Crippen molar-refractivity contribution >= 4 is 10.9 Å². The summed E-state index contributed by atoms with van der Waals surface area (Å²) in [5.41, 5.74) is 5.21. The second-order valence-electron chi connectivity index (χ2n) is 5.94. The quantitative estimate of drug-likeness (QED) is 0.696. The number of hydrogen-bond acceptors (Lipinski definition) is 1. The van der Waals surface area contributed by atoms with Gasteiger partial charge in [-0.2, -0.15) is 0 Å². The number of aromatic amines is 1. The van der Waals surface area contributed by atoms with Crippen LogP contribution in [0, 0.1) is 0 Å². The third-order valence-corrected chi connectivity index (χ3v) is 4.22. The predicted molar refractivity (Wildman–Crippen MR) is 95.2 cm³/mol. The van der Waals surface area contributed by atoms with Crippen LogP contribution < -0.4 is 0 Å². The zero-order valence-corrected chi connectivity index (χ0v) is 13.5. The van der Waals surface area contributed by atoms with E-state index < -0.39 is 0 Å². The van der Waals surface area contributed by atoms with Crippen molar-refractivity contribution in [3.8, 4) is 11.3 Å². The smallest absolute Gasteiger partial charge is 0.0497 e. The van der Waals surface area contributed by atoms with Gasteiger partial charge in [0.1, 0.15) is 0 Å². The summed E-state index contributed by atoms with van der Waals surface area (Å²) in [4.78, 5) is 6.03. The highest BCUT2D eigenvalue weighted by atomic mass is 15.1. The highest BCUT2D eigenvalue weighted by Gasteiger charge is 2.13. The molecule has 0 aliphatic rings. The zero-order chi connectivity index (χ0) is 15.4. The number of hydrogen-bond donors (Lipinski definition) is 1. The Morgan fingerprint density at radius 1 is 0.909 bits per heavy atom. The second kappa shape index (κ2) is 6.80. The van der Waals surface area contributed by atoms with Crippen LogP contribution in [0.5, 0.6) is 0 Å². The summed E-state index contributed by atoms with van der Waals surface area (Å²) in [6.45, 7) is 4.48. The fraction of sp³-hybridized carbons (Fsp3) is 0.300. The second-order valence-corrected chi connectivity index (χ2v) is 5.94. The van der Waals surface area contributed by atoms with Crippen molar-refractivity contribution in [2.75, 3.05) is 20.1 Å². The third-order valence-electron chi connectivity index (χ3n) is 4.22. The Bertz CT molecular complexity index is 728. The van der Waals surface area contributed by atoms with Crippen LogP contribution in [-0.4, -0.2) is 30.0 Å². The summed E-state index contributed by atoms with van der Waals surface area (Å²) < 4.78 is 0. The molecule has 0 radical (unpaired) electrons. The Morgan fingerprint density at radius 3 is 2.41 bits per heavy atom. The van der Waals surface area contributed by atoms with Crippen LogP contribution in [0.3, 0.4) is 0 Å². The van der Waals surface area contributed by atoms with Gasteiger partial charge in [0, 0.05) is 23.1 Å². The van der Waals surface area contributed by atoms with E-state index in [2.05, 4.69) is 78.5 Å². The number of rotatable bonds is 6. The first kappa shape index (κ1) is 14.9. The summed E-state index contributed by atoms with van der Waals surface area (Å²) in [6.07, 6.45) is 2.28. The first-order chi connectivity index (χ1) is 10.8. The van der Waals surface area contributed by atoms with E-state index in [-0.39, 0.29) is 0 Å². The highest BCUT2D eigenvalue weighted by Crippen LogP contribution is 2.30. The molecule has 0 bridgehead atoms. The molecule has 0 atom stereocenters. The summed E-state index contributed by atoms with van der Waals surface area (Å²) in [7, 11) is 2.21. The van der Waals surface area contributed by atoms with Gasteiger partial charge in [-0.15, -0.1) is 0 Å². The van der Waals surface area contributed by atoms with Crippen LogP contribution in [0.25, 0.3) is 22.2 Å². The number of para-hydroxylation sites is 1. The zero-order valence-electron chi connectivity index (χ0n) is 13.5. The van der Waals surface area contributed by atoms with Gasteiger partial charge in [-0.05, 0) is 43.6 Å². The summed E-state index contributed by atoms with van der Waals surface area (Å²) >= 11 is 0. The van der Waals surface area contributed by atoms with Crippen LogP contribution in [-0.2, 0) is 6.42 Å². The maximum absolute atomic E-state index is 3.62. The molecule has 1 heterocycles. The monoisotopic (exact) mass is 292 g/mol. The van der Waals surface area contributed by atoms with Gasteiger partial charge in [-0.3, -0.25) is 0 Å². The molecular formula is C20H24N2. The molecule has 0 spiro atoms. The fourth-order valence-electron chi connectivity index (χ4n) is 3.11. The van der Waals surface area contributed by atoms with Crippen LogP contribution in [0.4, 0.5) is 0 Å². The highest BCUT2D eigenvalue weighted by molar-refractivity contribution is 5.90. The lowest BCUT2D eigenvalue weighted by atomic mass is 10.0. The van der Waals surface area contributed by atoms with E-state index in [0.717, 1.165) is 19.5 Å².